The molecule has 3 N–H and O–H groups in total. The second-order valence-corrected chi connectivity index (χ2v) is 4.78. The summed E-state index contributed by atoms with van der Waals surface area (Å²) in [4.78, 5) is 2.33. The van der Waals surface area contributed by atoms with Gasteiger partial charge in [-0.2, -0.15) is 13.2 Å². The zero-order valence-corrected chi connectivity index (χ0v) is 10.6. The van der Waals surface area contributed by atoms with Crippen LogP contribution in [-0.2, 0) is 6.18 Å². The maximum atomic E-state index is 12.5. The first-order valence-electron chi connectivity index (χ1n) is 6.40. The molecule has 1 saturated heterocycles. The van der Waals surface area contributed by atoms with Crippen LogP contribution < -0.4 is 11.1 Å². The van der Waals surface area contributed by atoms with Crippen molar-refractivity contribution in [3.05, 3.63) is 23.8 Å². The second-order valence-electron chi connectivity index (χ2n) is 4.78. The highest BCUT2D eigenvalue weighted by Gasteiger charge is 2.30. The number of rotatable bonds is 4. The molecule has 0 spiro atoms. The van der Waals surface area contributed by atoms with Crippen LogP contribution in [0.4, 0.5) is 24.5 Å². The minimum atomic E-state index is -4.35. The lowest BCUT2D eigenvalue weighted by Gasteiger charge is -2.17. The van der Waals surface area contributed by atoms with Crippen LogP contribution in [0.2, 0.25) is 0 Å². The zero-order chi connectivity index (χ0) is 13.9. The number of hydrogen-bond acceptors (Lipinski definition) is 3. The maximum Gasteiger partial charge on any atom is 0.416 e. The minimum Gasteiger partial charge on any atom is -0.397 e. The molecule has 0 radical (unpaired) electrons. The number of benzene rings is 1. The van der Waals surface area contributed by atoms with Gasteiger partial charge in [-0.15, -0.1) is 0 Å². The zero-order valence-electron chi connectivity index (χ0n) is 10.6. The van der Waals surface area contributed by atoms with Crippen LogP contribution in [0.3, 0.4) is 0 Å². The lowest BCUT2D eigenvalue weighted by molar-refractivity contribution is -0.137. The normalized spacial score (nSPS) is 16.8. The third kappa shape index (κ3) is 3.76. The Morgan fingerprint density at radius 2 is 1.89 bits per heavy atom. The Labute approximate surface area is 110 Å². The Bertz CT molecular complexity index is 426. The Morgan fingerprint density at radius 3 is 2.47 bits per heavy atom. The van der Waals surface area contributed by atoms with Gasteiger partial charge in [-0.3, -0.25) is 0 Å². The first-order chi connectivity index (χ1) is 8.97. The molecule has 1 aliphatic rings. The summed E-state index contributed by atoms with van der Waals surface area (Å²) in [7, 11) is 0. The van der Waals surface area contributed by atoms with E-state index in [1.165, 1.54) is 18.9 Å². The molecule has 1 heterocycles. The highest BCUT2D eigenvalue weighted by atomic mass is 19.4. The second kappa shape index (κ2) is 5.69. The topological polar surface area (TPSA) is 41.3 Å². The van der Waals surface area contributed by atoms with Gasteiger partial charge in [-0.25, -0.2) is 0 Å². The summed E-state index contributed by atoms with van der Waals surface area (Å²) in [5, 5.41) is 3.08. The summed E-state index contributed by atoms with van der Waals surface area (Å²) in [6.07, 6.45) is -1.90. The summed E-state index contributed by atoms with van der Waals surface area (Å²) in [5.74, 6) is 0. The number of nitrogens with one attached hydrogen (secondary N) is 1. The number of likely N-dealkylation sites (tertiary alicyclic amines) is 1. The van der Waals surface area contributed by atoms with E-state index in [4.69, 9.17) is 5.73 Å². The van der Waals surface area contributed by atoms with Gasteiger partial charge < -0.3 is 16.0 Å². The lowest BCUT2D eigenvalue weighted by Crippen LogP contribution is -2.26. The fourth-order valence-corrected chi connectivity index (χ4v) is 2.25. The number of nitrogens with zero attached hydrogens (tertiary/aromatic N) is 1. The van der Waals surface area contributed by atoms with Gasteiger partial charge in [0.05, 0.1) is 16.9 Å². The van der Waals surface area contributed by atoms with Gasteiger partial charge in [-0.1, -0.05) is 0 Å². The van der Waals surface area contributed by atoms with Crippen LogP contribution in [0.5, 0.6) is 0 Å². The third-order valence-electron chi connectivity index (χ3n) is 3.32. The Morgan fingerprint density at radius 1 is 1.21 bits per heavy atom. The monoisotopic (exact) mass is 273 g/mol. The molecule has 3 nitrogen and oxygen atoms in total. The molecule has 1 aromatic rings. The van der Waals surface area contributed by atoms with E-state index < -0.39 is 11.7 Å². The van der Waals surface area contributed by atoms with E-state index >= 15 is 0 Å². The largest absolute Gasteiger partial charge is 0.416 e. The van der Waals surface area contributed by atoms with Gasteiger partial charge in [0, 0.05) is 13.1 Å². The molecule has 106 valence electrons. The number of nitrogen functional groups attached to an aromatic ring is 1. The van der Waals surface area contributed by atoms with E-state index in [9.17, 15) is 13.2 Å². The molecular formula is C13H18F3N3. The first kappa shape index (κ1) is 14.0. The quantitative estimate of drug-likeness (QED) is 0.829. The minimum absolute atomic E-state index is 0.135. The molecule has 0 aliphatic carbocycles. The van der Waals surface area contributed by atoms with Crippen LogP contribution in [0.15, 0.2) is 18.2 Å². The van der Waals surface area contributed by atoms with Gasteiger partial charge in [-0.05, 0) is 44.1 Å². The van der Waals surface area contributed by atoms with Gasteiger partial charge >= 0.3 is 6.18 Å². The van der Waals surface area contributed by atoms with E-state index in [-0.39, 0.29) is 5.69 Å². The molecule has 0 amide bonds. The molecule has 6 heteroatoms. The van der Waals surface area contributed by atoms with Gasteiger partial charge in [0.1, 0.15) is 0 Å². The molecule has 0 bridgehead atoms. The average molecular weight is 273 g/mol. The molecule has 0 unspecified atom stereocenters. The van der Waals surface area contributed by atoms with Crippen LogP contribution in [0.1, 0.15) is 18.4 Å². The van der Waals surface area contributed by atoms with Gasteiger partial charge in [0.25, 0.3) is 0 Å². The van der Waals surface area contributed by atoms with Gasteiger partial charge in [0.15, 0.2) is 0 Å². The lowest BCUT2D eigenvalue weighted by atomic mass is 10.1. The van der Waals surface area contributed by atoms with Crippen molar-refractivity contribution in [1.82, 2.24) is 4.90 Å². The van der Waals surface area contributed by atoms with Crippen molar-refractivity contribution in [2.75, 3.05) is 37.2 Å². The fourth-order valence-electron chi connectivity index (χ4n) is 2.25. The summed E-state index contributed by atoms with van der Waals surface area (Å²) in [6, 6.07) is 3.41. The smallest absolute Gasteiger partial charge is 0.397 e. The molecule has 1 aliphatic heterocycles. The Balaban J connectivity index is 1.90. The molecule has 19 heavy (non-hydrogen) atoms. The highest BCUT2D eigenvalue weighted by Crippen LogP contribution is 2.32. The number of anilines is 2. The van der Waals surface area contributed by atoms with Crippen LogP contribution in [0.25, 0.3) is 0 Å². The third-order valence-corrected chi connectivity index (χ3v) is 3.32. The van der Waals surface area contributed by atoms with Crippen molar-refractivity contribution in [3.63, 3.8) is 0 Å². The summed E-state index contributed by atoms with van der Waals surface area (Å²) >= 11 is 0. The molecule has 0 atom stereocenters. The van der Waals surface area contributed by atoms with E-state index in [1.807, 2.05) is 0 Å². The van der Waals surface area contributed by atoms with Crippen molar-refractivity contribution < 1.29 is 13.2 Å². The highest BCUT2D eigenvalue weighted by molar-refractivity contribution is 5.67. The Hall–Kier alpha value is -1.43. The average Bonchev–Trinajstić information content (AvgIpc) is 2.83. The van der Waals surface area contributed by atoms with Crippen LogP contribution in [-0.4, -0.2) is 31.1 Å². The van der Waals surface area contributed by atoms with E-state index in [0.717, 1.165) is 31.8 Å². The number of nitrogens with two attached hydrogens (primary N) is 1. The molecule has 0 saturated carbocycles. The van der Waals surface area contributed by atoms with Crippen molar-refractivity contribution in [1.29, 1.82) is 0 Å². The standard InChI is InChI=1S/C13H18F3N3/c14-13(15,16)10-3-4-12(11(17)9-10)18-5-8-19-6-1-2-7-19/h3-4,9,18H,1-2,5-8,17H2. The van der Waals surface area contributed by atoms with Gasteiger partial charge in [0.2, 0.25) is 0 Å². The maximum absolute atomic E-state index is 12.5. The number of alkyl halides is 3. The fraction of sp³-hybridized carbons (Fsp3) is 0.538. The van der Waals surface area contributed by atoms with Crippen molar-refractivity contribution in [2.45, 2.75) is 19.0 Å². The predicted molar refractivity (Wildman–Crippen MR) is 70.0 cm³/mol. The molecular weight excluding hydrogens is 255 g/mol. The van der Waals surface area contributed by atoms with Crippen LogP contribution in [0, 0.1) is 0 Å². The van der Waals surface area contributed by atoms with Crippen LogP contribution >= 0.6 is 0 Å². The Kier molecular flexibility index (Phi) is 4.19. The number of halogens is 3. The predicted octanol–water partition coefficient (Wildman–Crippen LogP) is 2.80. The molecule has 2 rings (SSSR count). The van der Waals surface area contributed by atoms with Crippen molar-refractivity contribution in [3.8, 4) is 0 Å². The SMILES string of the molecule is Nc1cc(C(F)(F)F)ccc1NCCN1CCCC1. The van der Waals surface area contributed by atoms with Crippen molar-refractivity contribution in [2.24, 2.45) is 0 Å². The first-order valence-corrected chi connectivity index (χ1v) is 6.40. The summed E-state index contributed by atoms with van der Waals surface area (Å²) in [5.41, 5.74) is 5.62. The number of hydrogen-bond donors (Lipinski definition) is 2. The van der Waals surface area contributed by atoms with Crippen molar-refractivity contribution >= 4 is 11.4 Å². The summed E-state index contributed by atoms with van der Waals surface area (Å²) in [6.45, 7) is 3.78. The molecule has 0 aromatic heterocycles. The summed E-state index contributed by atoms with van der Waals surface area (Å²) < 4.78 is 37.4. The molecule has 1 fully saturated rings. The van der Waals surface area contributed by atoms with E-state index in [0.29, 0.717) is 12.2 Å². The molecule has 1 aromatic carbocycles. The van der Waals surface area contributed by atoms with E-state index in [1.54, 1.807) is 0 Å². The van der Waals surface area contributed by atoms with E-state index in [2.05, 4.69) is 10.2 Å².